The van der Waals surface area contributed by atoms with Crippen LogP contribution < -0.4 is 0 Å². The molecule has 2 aliphatic rings. The number of carboxylic acids is 1. The molecule has 2 aliphatic carbocycles. The molecule has 0 aromatic rings. The van der Waals surface area contributed by atoms with Crippen LogP contribution in [-0.2, 0) is 4.79 Å². The molecule has 0 aromatic heterocycles. The van der Waals surface area contributed by atoms with Crippen molar-refractivity contribution in [3.63, 3.8) is 0 Å². The highest BCUT2D eigenvalue weighted by Gasteiger charge is 2.11. The van der Waals surface area contributed by atoms with E-state index < -0.39 is 5.97 Å². The molecule has 0 amide bonds. The number of allylic oxidation sites excluding steroid dienone is 4. The second-order valence-electron chi connectivity index (χ2n) is 5.80. The van der Waals surface area contributed by atoms with E-state index in [4.69, 9.17) is 5.11 Å². The maximum Gasteiger partial charge on any atom is 0.303 e. The quantitative estimate of drug-likeness (QED) is 0.364. The average Bonchev–Trinajstić information content (AvgIpc) is 3.25. The third kappa shape index (κ3) is 7.99. The van der Waals surface area contributed by atoms with E-state index in [9.17, 15) is 4.79 Å². The van der Waals surface area contributed by atoms with Gasteiger partial charge in [0.1, 0.15) is 0 Å². The van der Waals surface area contributed by atoms with Crippen molar-refractivity contribution in [1.29, 1.82) is 0 Å². The van der Waals surface area contributed by atoms with Crippen LogP contribution in [0.1, 0.15) is 32.1 Å². The molecule has 1 N–H and O–H groups in total. The number of rotatable bonds is 13. The van der Waals surface area contributed by atoms with Crippen LogP contribution in [-0.4, -0.2) is 33.6 Å². The Labute approximate surface area is 153 Å². The molecule has 2 rings (SSSR count). The van der Waals surface area contributed by atoms with E-state index in [-0.39, 0.29) is 6.42 Å². The molecule has 0 spiro atoms. The second-order valence-corrected chi connectivity index (χ2v) is 8.20. The molecule has 0 fully saturated rings. The van der Waals surface area contributed by atoms with Crippen LogP contribution in [0.15, 0.2) is 59.1 Å². The van der Waals surface area contributed by atoms with Gasteiger partial charge in [0.05, 0.1) is 0 Å². The van der Waals surface area contributed by atoms with E-state index in [2.05, 4.69) is 23.6 Å². The van der Waals surface area contributed by atoms with Crippen molar-refractivity contribution >= 4 is 29.5 Å². The molecular formula is C20H24O2S2. The minimum Gasteiger partial charge on any atom is -0.481 e. The molecule has 4 heteroatoms. The van der Waals surface area contributed by atoms with Crippen molar-refractivity contribution < 1.29 is 9.90 Å². The number of carboxylic acid groups (broad SMARTS) is 1. The summed E-state index contributed by atoms with van der Waals surface area (Å²) in [5.41, 5.74) is 9.02. The molecule has 0 saturated heterocycles. The molecule has 1 atom stereocenters. The Morgan fingerprint density at radius 2 is 1.75 bits per heavy atom. The Hall–Kier alpha value is -1.31. The molecule has 24 heavy (non-hydrogen) atoms. The lowest BCUT2D eigenvalue weighted by atomic mass is 10.1. The molecule has 0 saturated carbocycles. The van der Waals surface area contributed by atoms with Gasteiger partial charge in [-0.3, -0.25) is 4.79 Å². The van der Waals surface area contributed by atoms with Gasteiger partial charge in [0.25, 0.3) is 0 Å². The van der Waals surface area contributed by atoms with E-state index in [0.29, 0.717) is 5.25 Å². The van der Waals surface area contributed by atoms with Crippen molar-refractivity contribution in [2.75, 3.05) is 17.3 Å². The monoisotopic (exact) mass is 360 g/mol. The molecule has 0 radical (unpaired) electrons. The first-order valence-electron chi connectivity index (χ1n) is 8.39. The van der Waals surface area contributed by atoms with E-state index in [1.807, 2.05) is 47.8 Å². The van der Waals surface area contributed by atoms with Crippen molar-refractivity contribution in [2.45, 2.75) is 37.4 Å². The lowest BCUT2D eigenvalue weighted by Gasteiger charge is -2.16. The number of aliphatic carboxylic acids is 1. The predicted octanol–water partition coefficient (Wildman–Crippen LogP) is 5.16. The van der Waals surface area contributed by atoms with Crippen LogP contribution in [0, 0.1) is 0 Å². The number of carbonyl (C=O) groups is 1. The standard InChI is InChI=1S/C20H24O2S2/c21-20(22)12-6-5-11-19(24-16-18-9-3-4-10-18)13-14-23-15-17-7-1-2-8-17/h1-4,7,9,19H,5-6,11-16H2,(H,21,22). The molecule has 128 valence electrons. The van der Waals surface area contributed by atoms with Crippen LogP contribution in [0.3, 0.4) is 0 Å². The minimum absolute atomic E-state index is 0.287. The molecule has 0 heterocycles. The summed E-state index contributed by atoms with van der Waals surface area (Å²) < 4.78 is 0. The van der Waals surface area contributed by atoms with E-state index in [1.54, 1.807) is 0 Å². The molecule has 0 bridgehead atoms. The highest BCUT2D eigenvalue weighted by atomic mass is 32.2. The lowest BCUT2D eigenvalue weighted by molar-refractivity contribution is -0.137. The fourth-order valence-electron chi connectivity index (χ4n) is 2.48. The molecular weight excluding hydrogens is 336 g/mol. The summed E-state index contributed by atoms with van der Waals surface area (Å²) in [5, 5.41) is 9.35. The van der Waals surface area contributed by atoms with Crippen LogP contribution in [0.2, 0.25) is 0 Å². The van der Waals surface area contributed by atoms with Gasteiger partial charge in [-0.25, -0.2) is 0 Å². The highest BCUT2D eigenvalue weighted by molar-refractivity contribution is 8.00. The van der Waals surface area contributed by atoms with Crippen LogP contribution in [0.4, 0.5) is 0 Å². The fraction of sp³-hybridized carbons (Fsp3) is 0.450. The summed E-state index contributed by atoms with van der Waals surface area (Å²) in [6, 6.07) is 0. The van der Waals surface area contributed by atoms with Crippen molar-refractivity contribution in [3.8, 4) is 0 Å². The zero-order chi connectivity index (χ0) is 17.0. The summed E-state index contributed by atoms with van der Waals surface area (Å²) in [6.07, 6.45) is 16.6. The van der Waals surface area contributed by atoms with Crippen molar-refractivity contribution in [2.24, 2.45) is 0 Å². The van der Waals surface area contributed by atoms with E-state index >= 15 is 0 Å². The smallest absolute Gasteiger partial charge is 0.303 e. The van der Waals surface area contributed by atoms with Gasteiger partial charge in [-0.15, -0.1) is 11.5 Å². The predicted molar refractivity (Wildman–Crippen MR) is 106 cm³/mol. The van der Waals surface area contributed by atoms with Gasteiger partial charge in [0.15, 0.2) is 0 Å². The van der Waals surface area contributed by atoms with Gasteiger partial charge in [0.2, 0.25) is 0 Å². The maximum atomic E-state index is 10.6. The minimum atomic E-state index is -0.688. The first-order chi connectivity index (χ1) is 11.7. The van der Waals surface area contributed by atoms with Crippen LogP contribution in [0.5, 0.6) is 0 Å². The van der Waals surface area contributed by atoms with Gasteiger partial charge in [-0.05, 0) is 49.3 Å². The third-order valence-corrected chi connectivity index (χ3v) is 6.27. The first-order valence-corrected chi connectivity index (χ1v) is 10.6. The van der Waals surface area contributed by atoms with Gasteiger partial charge in [-0.1, -0.05) is 18.6 Å². The number of thioether (sulfide) groups is 2. The zero-order valence-electron chi connectivity index (χ0n) is 13.9. The number of hydrogen-bond acceptors (Lipinski definition) is 3. The van der Waals surface area contributed by atoms with Gasteiger partial charge in [0, 0.05) is 34.3 Å². The maximum absolute atomic E-state index is 10.6. The number of unbranched alkanes of at least 4 members (excludes halogenated alkanes) is 1. The highest BCUT2D eigenvalue weighted by Crippen LogP contribution is 2.26. The van der Waals surface area contributed by atoms with E-state index in [1.165, 1.54) is 17.6 Å². The van der Waals surface area contributed by atoms with Crippen molar-refractivity contribution in [3.05, 3.63) is 59.1 Å². The first kappa shape index (κ1) is 19.0. The summed E-state index contributed by atoms with van der Waals surface area (Å²) in [6.45, 7) is 0. The third-order valence-electron chi connectivity index (χ3n) is 3.81. The van der Waals surface area contributed by atoms with Gasteiger partial charge < -0.3 is 5.11 Å². The lowest BCUT2D eigenvalue weighted by Crippen LogP contribution is -2.07. The Kier molecular flexibility index (Phi) is 8.94. The Morgan fingerprint density at radius 3 is 2.38 bits per heavy atom. The zero-order valence-corrected chi connectivity index (χ0v) is 15.5. The SMILES string of the molecule is O=C(O)CCCCC(CCSCC1=C=CC=C1)SCC1=C=CC=C1. The molecule has 0 aliphatic heterocycles. The van der Waals surface area contributed by atoms with Gasteiger partial charge >= 0.3 is 5.97 Å². The largest absolute Gasteiger partial charge is 0.481 e. The molecule has 1 unspecified atom stereocenters. The second kappa shape index (κ2) is 11.3. The molecule has 0 aromatic carbocycles. The average molecular weight is 361 g/mol. The molecule has 2 nitrogen and oxygen atoms in total. The normalized spacial score (nSPS) is 15.8. The summed E-state index contributed by atoms with van der Waals surface area (Å²) >= 11 is 3.95. The Bertz CT molecular complexity index is 616. The van der Waals surface area contributed by atoms with Crippen LogP contribution >= 0.6 is 23.5 Å². The Balaban J connectivity index is 1.67. The topological polar surface area (TPSA) is 37.3 Å². The Morgan fingerprint density at radius 1 is 1.04 bits per heavy atom. The summed E-state index contributed by atoms with van der Waals surface area (Å²) in [5.74, 6) is 2.48. The number of hydrogen-bond donors (Lipinski definition) is 1. The summed E-state index contributed by atoms with van der Waals surface area (Å²) in [4.78, 5) is 10.6. The van der Waals surface area contributed by atoms with Crippen molar-refractivity contribution in [1.82, 2.24) is 0 Å². The van der Waals surface area contributed by atoms with E-state index in [0.717, 1.165) is 36.5 Å². The van der Waals surface area contributed by atoms with Crippen LogP contribution in [0.25, 0.3) is 0 Å². The fourth-order valence-corrected chi connectivity index (χ4v) is 4.84. The van der Waals surface area contributed by atoms with Gasteiger partial charge in [-0.2, -0.15) is 23.5 Å². The summed E-state index contributed by atoms with van der Waals surface area (Å²) in [7, 11) is 0.